The second-order valence-corrected chi connectivity index (χ2v) is 5.29. The van der Waals surface area contributed by atoms with E-state index in [9.17, 15) is 4.79 Å². The van der Waals surface area contributed by atoms with E-state index in [0.29, 0.717) is 5.56 Å². The summed E-state index contributed by atoms with van der Waals surface area (Å²) in [6, 6.07) is 21.6. The van der Waals surface area contributed by atoms with Crippen molar-refractivity contribution in [3.05, 3.63) is 88.3 Å². The van der Waals surface area contributed by atoms with Gasteiger partial charge in [0.2, 0.25) is 0 Å². The molecule has 0 unspecified atom stereocenters. The summed E-state index contributed by atoms with van der Waals surface area (Å²) < 4.78 is 1.74. The van der Waals surface area contributed by atoms with Gasteiger partial charge in [0.25, 0.3) is 5.56 Å². The van der Waals surface area contributed by atoms with Gasteiger partial charge < -0.3 is 5.32 Å². The van der Waals surface area contributed by atoms with Gasteiger partial charge in [-0.1, -0.05) is 36.4 Å². The summed E-state index contributed by atoms with van der Waals surface area (Å²) in [4.78, 5) is 12.7. The van der Waals surface area contributed by atoms with Crippen LogP contribution in [0.4, 0.5) is 11.4 Å². The van der Waals surface area contributed by atoms with Crippen molar-refractivity contribution in [2.24, 2.45) is 0 Å². The highest BCUT2D eigenvalue weighted by atomic mass is 16.1. The third-order valence-corrected chi connectivity index (χ3v) is 3.70. The summed E-state index contributed by atoms with van der Waals surface area (Å²) in [6.45, 7) is 3.80. The van der Waals surface area contributed by atoms with E-state index in [1.807, 2.05) is 80.6 Å². The molecule has 0 aliphatic rings. The summed E-state index contributed by atoms with van der Waals surface area (Å²) in [7, 11) is 0. The van der Waals surface area contributed by atoms with E-state index in [1.165, 1.54) is 0 Å². The molecule has 0 aliphatic carbocycles. The Balaban J connectivity index is 2.08. The van der Waals surface area contributed by atoms with Gasteiger partial charge in [0.15, 0.2) is 0 Å². The molecule has 0 spiro atoms. The molecule has 1 heterocycles. The largest absolute Gasteiger partial charge is 0.355 e. The smallest absolute Gasteiger partial charge is 0.260 e. The zero-order valence-electron chi connectivity index (χ0n) is 12.7. The third kappa shape index (κ3) is 2.66. The summed E-state index contributed by atoms with van der Waals surface area (Å²) in [5.41, 5.74) is 4.32. The van der Waals surface area contributed by atoms with E-state index in [4.69, 9.17) is 0 Å². The molecule has 22 heavy (non-hydrogen) atoms. The van der Waals surface area contributed by atoms with E-state index >= 15 is 0 Å². The maximum Gasteiger partial charge on any atom is 0.260 e. The molecule has 0 fully saturated rings. The van der Waals surface area contributed by atoms with Gasteiger partial charge in [-0.3, -0.25) is 9.36 Å². The highest BCUT2D eigenvalue weighted by Gasteiger charge is 2.10. The molecule has 0 radical (unpaired) electrons. The van der Waals surface area contributed by atoms with Crippen LogP contribution in [0.2, 0.25) is 0 Å². The SMILES string of the molecule is Cc1c(Nc2ccccc2)cc(C)n(-c2ccccc2)c1=O. The summed E-state index contributed by atoms with van der Waals surface area (Å²) in [5.74, 6) is 0. The molecule has 3 aromatic rings. The topological polar surface area (TPSA) is 34.0 Å². The molecule has 0 amide bonds. The van der Waals surface area contributed by atoms with Gasteiger partial charge in [0.05, 0.1) is 0 Å². The quantitative estimate of drug-likeness (QED) is 0.784. The molecule has 0 saturated carbocycles. The number of aryl methyl sites for hydroxylation is 1. The minimum absolute atomic E-state index is 0.00429. The van der Waals surface area contributed by atoms with Gasteiger partial charge in [0.1, 0.15) is 0 Å². The zero-order chi connectivity index (χ0) is 15.5. The molecule has 3 nitrogen and oxygen atoms in total. The summed E-state index contributed by atoms with van der Waals surface area (Å²) >= 11 is 0. The Labute approximate surface area is 129 Å². The molecule has 3 heteroatoms. The number of anilines is 2. The van der Waals surface area contributed by atoms with Gasteiger partial charge in [-0.05, 0) is 44.2 Å². The molecule has 0 bridgehead atoms. The Bertz CT molecular complexity index is 837. The second kappa shape index (κ2) is 5.90. The lowest BCUT2D eigenvalue weighted by atomic mass is 10.2. The molecule has 3 rings (SSSR count). The molecular formula is C19H18N2O. The van der Waals surface area contributed by atoms with Gasteiger partial charge in [-0.25, -0.2) is 0 Å². The number of para-hydroxylation sites is 2. The van der Waals surface area contributed by atoms with Crippen molar-refractivity contribution < 1.29 is 0 Å². The van der Waals surface area contributed by atoms with E-state index in [1.54, 1.807) is 4.57 Å². The average Bonchev–Trinajstić information content (AvgIpc) is 2.54. The van der Waals surface area contributed by atoms with E-state index < -0.39 is 0 Å². The maximum atomic E-state index is 12.7. The molecular weight excluding hydrogens is 272 g/mol. The van der Waals surface area contributed by atoms with Gasteiger partial charge >= 0.3 is 0 Å². The second-order valence-electron chi connectivity index (χ2n) is 5.29. The molecule has 110 valence electrons. The van der Waals surface area contributed by atoms with Gasteiger partial charge in [0, 0.05) is 28.3 Å². The van der Waals surface area contributed by atoms with Gasteiger partial charge in [-0.2, -0.15) is 0 Å². The first-order chi connectivity index (χ1) is 10.7. The van der Waals surface area contributed by atoms with Crippen molar-refractivity contribution in [1.29, 1.82) is 0 Å². The minimum Gasteiger partial charge on any atom is -0.355 e. The summed E-state index contributed by atoms with van der Waals surface area (Å²) in [5, 5.41) is 3.32. The van der Waals surface area contributed by atoms with Crippen LogP contribution in [0.1, 0.15) is 11.3 Å². The number of hydrogen-bond donors (Lipinski definition) is 1. The fraction of sp³-hybridized carbons (Fsp3) is 0.105. The van der Waals surface area contributed by atoms with Crippen LogP contribution in [0, 0.1) is 13.8 Å². The highest BCUT2D eigenvalue weighted by molar-refractivity contribution is 5.63. The highest BCUT2D eigenvalue weighted by Crippen LogP contribution is 2.20. The van der Waals surface area contributed by atoms with E-state index in [2.05, 4.69) is 5.32 Å². The summed E-state index contributed by atoms with van der Waals surface area (Å²) in [6.07, 6.45) is 0. The Kier molecular flexibility index (Phi) is 3.79. The van der Waals surface area contributed by atoms with Crippen molar-refractivity contribution in [2.45, 2.75) is 13.8 Å². The average molecular weight is 290 g/mol. The third-order valence-electron chi connectivity index (χ3n) is 3.70. The van der Waals surface area contributed by atoms with E-state index in [-0.39, 0.29) is 5.56 Å². The van der Waals surface area contributed by atoms with Crippen molar-refractivity contribution >= 4 is 11.4 Å². The fourth-order valence-electron chi connectivity index (χ4n) is 2.53. The fourth-order valence-corrected chi connectivity index (χ4v) is 2.53. The van der Waals surface area contributed by atoms with Crippen LogP contribution in [-0.2, 0) is 0 Å². The molecule has 0 atom stereocenters. The van der Waals surface area contributed by atoms with Crippen LogP contribution in [0.25, 0.3) is 5.69 Å². The lowest BCUT2D eigenvalue weighted by Crippen LogP contribution is -2.23. The number of benzene rings is 2. The molecule has 2 aromatic carbocycles. The first kappa shape index (κ1) is 14.1. The van der Waals surface area contributed by atoms with Crippen molar-refractivity contribution in [3.8, 4) is 5.69 Å². The van der Waals surface area contributed by atoms with Crippen molar-refractivity contribution in [1.82, 2.24) is 4.57 Å². The molecule has 0 aliphatic heterocycles. The van der Waals surface area contributed by atoms with E-state index in [0.717, 1.165) is 22.8 Å². The van der Waals surface area contributed by atoms with Crippen molar-refractivity contribution in [2.75, 3.05) is 5.32 Å². The predicted octanol–water partition coefficient (Wildman–Crippen LogP) is 4.20. The van der Waals surface area contributed by atoms with Crippen molar-refractivity contribution in [3.63, 3.8) is 0 Å². The minimum atomic E-state index is 0.00429. The lowest BCUT2D eigenvalue weighted by molar-refractivity contribution is 0.921. The van der Waals surface area contributed by atoms with Crippen LogP contribution in [-0.4, -0.2) is 4.57 Å². The number of pyridine rings is 1. The maximum absolute atomic E-state index is 12.7. The number of nitrogens with one attached hydrogen (secondary N) is 1. The van der Waals surface area contributed by atoms with Crippen LogP contribution in [0.3, 0.4) is 0 Å². The molecule has 1 N–H and O–H groups in total. The normalized spacial score (nSPS) is 10.5. The zero-order valence-corrected chi connectivity index (χ0v) is 12.7. The first-order valence-corrected chi connectivity index (χ1v) is 7.27. The van der Waals surface area contributed by atoms with Gasteiger partial charge in [-0.15, -0.1) is 0 Å². The first-order valence-electron chi connectivity index (χ1n) is 7.27. The van der Waals surface area contributed by atoms with Crippen LogP contribution in [0.5, 0.6) is 0 Å². The number of hydrogen-bond acceptors (Lipinski definition) is 2. The number of aromatic nitrogens is 1. The Morgan fingerprint density at radius 3 is 2.09 bits per heavy atom. The number of nitrogens with zero attached hydrogens (tertiary/aromatic N) is 1. The number of rotatable bonds is 3. The predicted molar refractivity (Wildman–Crippen MR) is 91.2 cm³/mol. The van der Waals surface area contributed by atoms with Crippen LogP contribution >= 0.6 is 0 Å². The van der Waals surface area contributed by atoms with Crippen LogP contribution < -0.4 is 10.9 Å². The van der Waals surface area contributed by atoms with Crippen LogP contribution in [0.15, 0.2) is 71.5 Å². The monoisotopic (exact) mass is 290 g/mol. The Hall–Kier alpha value is -2.81. The lowest BCUT2D eigenvalue weighted by Gasteiger charge is -2.15. The molecule has 1 aromatic heterocycles. The Morgan fingerprint density at radius 2 is 1.45 bits per heavy atom. The molecule has 0 saturated heterocycles. The standard InChI is InChI=1S/C19H18N2O/c1-14-13-18(20-16-9-5-3-6-10-16)15(2)19(22)21(14)17-11-7-4-8-12-17/h3-13,20H,1-2H3. The Morgan fingerprint density at radius 1 is 0.864 bits per heavy atom.